The van der Waals surface area contributed by atoms with Gasteiger partial charge in [-0.25, -0.2) is 9.97 Å². The number of hydrogen-bond acceptors (Lipinski definition) is 7. The molecule has 6 aromatic heterocycles. The summed E-state index contributed by atoms with van der Waals surface area (Å²) in [4.78, 5) is 32.0. The molecule has 0 amide bonds. The van der Waals surface area contributed by atoms with Gasteiger partial charge in [-0.2, -0.15) is 0 Å². The zero-order chi connectivity index (χ0) is 54.0. The maximum absolute atomic E-state index is 17.5. The number of carbonyl (C=O) groups excluding carboxylic acids is 1. The standard InChI is InChI=1S/C69H66N8O3/c1-72-43-55(49-19-5-9-25-57(49)72)67(53-23-15-29-61-65(53)51-21-7-11-27-59(51)76(61)47-33-37-74(38-34-47)41-45-17-13-31-63(70-45)79-3)69(78)68(56-44-73(2)58-26-10-6-20-50(56)58)54-24-16-30-62-66(54)52-22-8-12-28-60(52)77(62)48-35-39-75(40-36-48)42-46-18-14-32-64(71-46)80-4/h5-32,43-44,47-48,67-68H,33-42H2,1-4H3. The van der Waals surface area contributed by atoms with Gasteiger partial charge in [0.05, 0.1) is 37.4 Å². The first-order valence-electron chi connectivity index (χ1n) is 28.4. The van der Waals surface area contributed by atoms with E-state index in [0.717, 1.165) is 131 Å². The fourth-order valence-electron chi connectivity index (χ4n) is 14.2. The van der Waals surface area contributed by atoms with E-state index in [2.05, 4.69) is 200 Å². The summed E-state index contributed by atoms with van der Waals surface area (Å²) in [6, 6.07) is 61.2. The summed E-state index contributed by atoms with van der Waals surface area (Å²) in [5, 5.41) is 6.84. The molecule has 2 fully saturated rings. The maximum Gasteiger partial charge on any atom is 0.213 e. The minimum atomic E-state index is -0.641. The number of pyridine rings is 2. The lowest BCUT2D eigenvalue weighted by Crippen LogP contribution is -2.34. The summed E-state index contributed by atoms with van der Waals surface area (Å²) in [7, 11) is 7.59. The van der Waals surface area contributed by atoms with Gasteiger partial charge in [0.25, 0.3) is 0 Å². The molecule has 80 heavy (non-hydrogen) atoms. The fourth-order valence-corrected chi connectivity index (χ4v) is 14.2. The molecule has 11 nitrogen and oxygen atoms in total. The van der Waals surface area contributed by atoms with Gasteiger partial charge >= 0.3 is 0 Å². The van der Waals surface area contributed by atoms with E-state index in [-0.39, 0.29) is 17.9 Å². The molecule has 0 bridgehead atoms. The van der Waals surface area contributed by atoms with Gasteiger partial charge in [0.15, 0.2) is 5.78 Å². The largest absolute Gasteiger partial charge is 0.481 e. The Kier molecular flexibility index (Phi) is 12.8. The van der Waals surface area contributed by atoms with Crippen molar-refractivity contribution in [3.63, 3.8) is 0 Å². The Labute approximate surface area is 466 Å². The zero-order valence-electron chi connectivity index (χ0n) is 46.0. The quantitative estimate of drug-likeness (QED) is 0.107. The van der Waals surface area contributed by atoms with Gasteiger partial charge in [-0.15, -0.1) is 0 Å². The number of piperidine rings is 2. The van der Waals surface area contributed by atoms with Crippen LogP contribution < -0.4 is 9.47 Å². The van der Waals surface area contributed by atoms with Crippen molar-refractivity contribution in [2.24, 2.45) is 14.1 Å². The number of aromatic nitrogens is 6. The van der Waals surface area contributed by atoms with Crippen molar-refractivity contribution in [3.8, 4) is 11.8 Å². The van der Waals surface area contributed by atoms with Crippen molar-refractivity contribution in [1.29, 1.82) is 0 Å². The summed E-state index contributed by atoms with van der Waals surface area (Å²) in [5.41, 5.74) is 13.1. The van der Waals surface area contributed by atoms with Crippen LogP contribution >= 0.6 is 0 Å². The number of rotatable bonds is 14. The number of methoxy groups -OCH3 is 2. The van der Waals surface area contributed by atoms with Crippen LogP contribution in [0, 0.1) is 0 Å². The number of nitrogens with zero attached hydrogens (tertiary/aromatic N) is 8. The van der Waals surface area contributed by atoms with Gasteiger partial charge in [-0.05, 0) is 96.5 Å². The Morgan fingerprint density at radius 3 is 1.21 bits per heavy atom. The lowest BCUT2D eigenvalue weighted by Gasteiger charge is -2.33. The van der Waals surface area contributed by atoms with E-state index in [0.29, 0.717) is 11.8 Å². The number of aryl methyl sites for hydroxylation is 2. The highest BCUT2D eigenvalue weighted by Crippen LogP contribution is 2.49. The third kappa shape index (κ3) is 8.53. The van der Waals surface area contributed by atoms with E-state index < -0.39 is 11.8 Å². The number of Topliss-reactive ketones (excluding diaryl/α,β-unsaturated/α-hetero) is 1. The van der Waals surface area contributed by atoms with Crippen LogP contribution in [0.5, 0.6) is 11.8 Å². The lowest BCUT2D eigenvalue weighted by atomic mass is 9.75. The first kappa shape index (κ1) is 49.8. The topological polar surface area (TPSA) is 87.5 Å². The van der Waals surface area contributed by atoms with E-state index >= 15 is 4.79 Å². The Balaban J connectivity index is 0.926. The lowest BCUT2D eigenvalue weighted by molar-refractivity contribution is -0.120. The Morgan fingerprint density at radius 2 is 0.800 bits per heavy atom. The molecule has 0 radical (unpaired) electrons. The summed E-state index contributed by atoms with van der Waals surface area (Å²) in [5.74, 6) is 0.170. The van der Waals surface area contributed by atoms with Crippen molar-refractivity contribution in [1.82, 2.24) is 38.0 Å². The van der Waals surface area contributed by atoms with E-state index in [9.17, 15) is 0 Å². The fraction of sp³-hybridized carbons (Fsp3) is 0.261. The third-order valence-corrected chi connectivity index (χ3v) is 17.8. The van der Waals surface area contributed by atoms with Crippen molar-refractivity contribution in [2.45, 2.75) is 62.7 Å². The van der Waals surface area contributed by atoms with E-state index in [1.165, 1.54) is 32.8 Å². The molecule has 2 aliphatic heterocycles. The molecule has 2 unspecified atom stereocenters. The molecule has 2 aliphatic rings. The molecule has 8 heterocycles. The van der Waals surface area contributed by atoms with Gasteiger partial charge in [0, 0.05) is 155 Å². The molecule has 0 saturated carbocycles. The molecule has 0 N–H and O–H groups in total. The molecule has 400 valence electrons. The minimum Gasteiger partial charge on any atom is -0.481 e. The van der Waals surface area contributed by atoms with Gasteiger partial charge < -0.3 is 27.7 Å². The number of fused-ring (bicyclic) bond motifs is 8. The number of ketones is 1. The van der Waals surface area contributed by atoms with Crippen LogP contribution in [0.15, 0.2) is 182 Å². The number of likely N-dealkylation sites (tertiary alicyclic amines) is 2. The summed E-state index contributed by atoms with van der Waals surface area (Å²) < 4.78 is 20.6. The maximum atomic E-state index is 17.5. The van der Waals surface area contributed by atoms with Crippen LogP contribution in [0.25, 0.3) is 65.4 Å². The van der Waals surface area contributed by atoms with Crippen LogP contribution in [-0.2, 0) is 32.0 Å². The highest BCUT2D eigenvalue weighted by atomic mass is 16.5. The average Bonchev–Trinajstić information content (AvgIpc) is 4.26. The summed E-state index contributed by atoms with van der Waals surface area (Å²) >= 11 is 0. The average molecular weight is 1060 g/mol. The first-order valence-corrected chi connectivity index (χ1v) is 28.4. The zero-order valence-corrected chi connectivity index (χ0v) is 46.0. The highest BCUT2D eigenvalue weighted by Gasteiger charge is 2.39. The Hall–Kier alpha value is -8.51. The Morgan fingerprint density at radius 1 is 0.438 bits per heavy atom. The van der Waals surface area contributed by atoms with E-state index in [4.69, 9.17) is 19.4 Å². The molecule has 12 aromatic rings. The smallest absolute Gasteiger partial charge is 0.213 e. The molecule has 2 saturated heterocycles. The number of carbonyl (C=O) groups is 1. The molecule has 11 heteroatoms. The number of benzene rings is 6. The van der Waals surface area contributed by atoms with Gasteiger partial charge in [-0.3, -0.25) is 14.6 Å². The van der Waals surface area contributed by atoms with Gasteiger partial charge in [0.2, 0.25) is 11.8 Å². The second-order valence-corrected chi connectivity index (χ2v) is 22.3. The molecule has 6 aromatic carbocycles. The van der Waals surface area contributed by atoms with Crippen LogP contribution in [0.1, 0.15) is 83.2 Å². The van der Waals surface area contributed by atoms with Crippen LogP contribution in [0.2, 0.25) is 0 Å². The molecular formula is C69H66N8O3. The number of para-hydroxylation sites is 4. The first-order chi connectivity index (χ1) is 39.3. The van der Waals surface area contributed by atoms with E-state index in [1.54, 1.807) is 14.2 Å². The summed E-state index contributed by atoms with van der Waals surface area (Å²) in [6.45, 7) is 5.36. The number of hydrogen-bond donors (Lipinski definition) is 0. The summed E-state index contributed by atoms with van der Waals surface area (Å²) in [6.07, 6.45) is 8.45. The van der Waals surface area contributed by atoms with Crippen LogP contribution in [0.4, 0.5) is 0 Å². The monoisotopic (exact) mass is 1050 g/mol. The van der Waals surface area contributed by atoms with Gasteiger partial charge in [-0.1, -0.05) is 109 Å². The van der Waals surface area contributed by atoms with Crippen molar-refractivity contribution in [3.05, 3.63) is 216 Å². The van der Waals surface area contributed by atoms with Crippen LogP contribution in [-0.4, -0.2) is 84.2 Å². The third-order valence-electron chi connectivity index (χ3n) is 17.8. The predicted molar refractivity (Wildman–Crippen MR) is 322 cm³/mol. The molecule has 0 spiro atoms. The van der Waals surface area contributed by atoms with Crippen LogP contribution in [0.3, 0.4) is 0 Å². The Bertz CT molecular complexity index is 4030. The normalized spacial score (nSPS) is 15.9. The van der Waals surface area contributed by atoms with E-state index in [1.807, 2.05) is 24.3 Å². The molecule has 0 aliphatic carbocycles. The van der Waals surface area contributed by atoms with Gasteiger partial charge in [0.1, 0.15) is 0 Å². The second-order valence-electron chi connectivity index (χ2n) is 22.3. The second kappa shape index (κ2) is 20.6. The SMILES string of the molecule is COc1cccc(CN2CCC(n3c4ccccc4c4c(C(C(=O)C(c5cn(C)c6ccccc56)c5cccc6c5c5ccccc5n6C5CCN(Cc6cccc(OC)n6)CC5)c5cn(C)c6ccccc56)cccc43)CC2)n1. The molecule has 2 atom stereocenters. The number of ether oxygens (including phenoxy) is 2. The molecule has 14 rings (SSSR count). The van der Waals surface area contributed by atoms with Crippen molar-refractivity contribution in [2.75, 3.05) is 40.4 Å². The predicted octanol–water partition coefficient (Wildman–Crippen LogP) is 13.9. The van der Waals surface area contributed by atoms with Crippen molar-refractivity contribution < 1.29 is 14.3 Å². The minimum absolute atomic E-state index is 0.158. The highest BCUT2D eigenvalue weighted by molar-refractivity contribution is 6.16. The van der Waals surface area contributed by atoms with Crippen molar-refractivity contribution >= 4 is 71.2 Å². The molecular weight excluding hydrogens is 989 g/mol.